The first-order valence-electron chi connectivity index (χ1n) is 14.1. The molecule has 4 aliphatic carbocycles. The van der Waals surface area contributed by atoms with Gasteiger partial charge in [-0.25, -0.2) is 0 Å². The second kappa shape index (κ2) is 9.76. The zero-order chi connectivity index (χ0) is 26.5. The number of carbonyl (C=O) groups excluding carboxylic acids is 1. The van der Waals surface area contributed by atoms with Crippen molar-refractivity contribution in [2.75, 3.05) is 7.11 Å². The Morgan fingerprint density at radius 2 is 1.46 bits per heavy atom. The number of ether oxygens (including phenoxy) is 1. The van der Waals surface area contributed by atoms with Crippen LogP contribution in [0.2, 0.25) is 18.1 Å². The molecule has 4 aliphatic rings. The smallest absolute Gasteiger partial charge is 0.250 e. The first-order valence-corrected chi connectivity index (χ1v) is 17.1. The third-order valence-electron chi connectivity index (χ3n) is 9.66. The minimum atomic E-state index is -2.01. The normalized spacial score (nSPS) is 24.8. The molecule has 2 aromatic rings. The van der Waals surface area contributed by atoms with Crippen LogP contribution in [-0.2, 0) is 11.2 Å². The molecule has 0 spiro atoms. The van der Waals surface area contributed by atoms with Crippen molar-refractivity contribution < 1.29 is 14.0 Å². The minimum Gasteiger partial charge on any atom is -0.543 e. The molecule has 0 heterocycles. The number of carbonyl (C=O) groups is 1. The fraction of sp³-hybridized carbons (Fsp3) is 0.545. The van der Waals surface area contributed by atoms with Gasteiger partial charge in [-0.15, -0.1) is 0 Å². The predicted octanol–water partition coefficient (Wildman–Crippen LogP) is 8.68. The highest BCUT2D eigenvalue weighted by Crippen LogP contribution is 2.58. The maximum absolute atomic E-state index is 11.8. The number of Topliss-reactive ketones (excluding diaryl/α,β-unsaturated/α-hetero) is 1. The summed E-state index contributed by atoms with van der Waals surface area (Å²) >= 11 is 0. The van der Waals surface area contributed by atoms with Crippen molar-refractivity contribution in [2.24, 2.45) is 23.7 Å². The molecule has 0 aliphatic heterocycles. The molecule has 4 saturated carbocycles. The lowest BCUT2D eigenvalue weighted by Gasteiger charge is -2.51. The molecule has 6 rings (SSSR count). The molecule has 198 valence electrons. The predicted molar refractivity (Wildman–Crippen MR) is 154 cm³/mol. The Labute approximate surface area is 224 Å². The Morgan fingerprint density at radius 3 is 1.97 bits per heavy atom. The molecule has 2 aromatic carbocycles. The lowest BCUT2D eigenvalue weighted by molar-refractivity contribution is 0.0675. The van der Waals surface area contributed by atoms with Gasteiger partial charge in [-0.1, -0.05) is 45.0 Å². The third-order valence-corrected chi connectivity index (χ3v) is 14.0. The van der Waals surface area contributed by atoms with Crippen LogP contribution in [0.5, 0.6) is 5.75 Å². The van der Waals surface area contributed by atoms with E-state index in [1.54, 1.807) is 12.5 Å². The van der Waals surface area contributed by atoms with Crippen molar-refractivity contribution in [3.63, 3.8) is 0 Å². The van der Waals surface area contributed by atoms with E-state index in [1.807, 2.05) is 19.2 Å². The molecule has 0 unspecified atom stereocenters. The van der Waals surface area contributed by atoms with Gasteiger partial charge in [0.25, 0.3) is 0 Å². The number of allylic oxidation sites excluding steroid dienone is 1. The molecular weight excluding hydrogens is 472 g/mol. The summed E-state index contributed by atoms with van der Waals surface area (Å²) in [5.74, 6) is 5.36. The summed E-state index contributed by atoms with van der Waals surface area (Å²) in [5, 5.41) is 0.121. The molecule has 4 heteroatoms. The van der Waals surface area contributed by atoms with Crippen molar-refractivity contribution >= 4 is 19.9 Å². The Hall–Kier alpha value is -2.33. The number of hydrogen-bond donors (Lipinski definition) is 0. The molecule has 3 nitrogen and oxygen atoms in total. The molecule has 0 atom stereocenters. The number of ketones is 1. The van der Waals surface area contributed by atoms with Gasteiger partial charge in [0.05, 0.1) is 7.11 Å². The lowest BCUT2D eigenvalue weighted by Crippen LogP contribution is -2.43. The van der Waals surface area contributed by atoms with Crippen LogP contribution < -0.4 is 4.43 Å². The van der Waals surface area contributed by atoms with Gasteiger partial charge in [-0.2, -0.15) is 0 Å². The minimum absolute atomic E-state index is 0.102. The Balaban J connectivity index is 1.55. The third kappa shape index (κ3) is 5.32. The van der Waals surface area contributed by atoms with Gasteiger partial charge in [0, 0.05) is 11.1 Å². The van der Waals surface area contributed by atoms with Crippen LogP contribution in [0.15, 0.2) is 48.0 Å². The summed E-state index contributed by atoms with van der Waals surface area (Å²) in [5.41, 5.74) is 5.92. The van der Waals surface area contributed by atoms with Gasteiger partial charge in [0.1, 0.15) is 11.5 Å². The Kier molecular flexibility index (Phi) is 6.93. The van der Waals surface area contributed by atoms with E-state index in [2.05, 4.69) is 64.2 Å². The molecule has 0 amide bonds. The van der Waals surface area contributed by atoms with Crippen LogP contribution in [0.1, 0.15) is 86.8 Å². The van der Waals surface area contributed by atoms with Gasteiger partial charge >= 0.3 is 0 Å². The highest BCUT2D eigenvalue weighted by molar-refractivity contribution is 6.74. The summed E-state index contributed by atoms with van der Waals surface area (Å²) in [6.45, 7) is 13.1. The van der Waals surface area contributed by atoms with Crippen LogP contribution in [0, 0.1) is 23.7 Å². The van der Waals surface area contributed by atoms with Crippen molar-refractivity contribution in [2.45, 2.75) is 84.4 Å². The summed E-state index contributed by atoms with van der Waals surface area (Å²) in [7, 11) is -0.153. The largest absolute Gasteiger partial charge is 0.543 e. The maximum atomic E-state index is 11.8. The van der Waals surface area contributed by atoms with Gasteiger partial charge in [0.15, 0.2) is 5.78 Å². The van der Waals surface area contributed by atoms with Gasteiger partial charge in [-0.05, 0) is 122 Å². The van der Waals surface area contributed by atoms with Gasteiger partial charge in [-0.3, -0.25) is 4.79 Å². The quantitative estimate of drug-likeness (QED) is 0.210. The summed E-state index contributed by atoms with van der Waals surface area (Å²) in [6.07, 6.45) is 7.60. The zero-order valence-corrected chi connectivity index (χ0v) is 24.8. The molecule has 4 bridgehead atoms. The molecule has 0 aromatic heterocycles. The molecule has 0 saturated heterocycles. The number of benzene rings is 2. The topological polar surface area (TPSA) is 35.5 Å². The monoisotopic (exact) mass is 516 g/mol. The van der Waals surface area contributed by atoms with Crippen molar-refractivity contribution in [3.05, 3.63) is 70.3 Å². The van der Waals surface area contributed by atoms with E-state index in [0.29, 0.717) is 11.8 Å². The second-order valence-corrected chi connectivity index (χ2v) is 18.2. The maximum Gasteiger partial charge on any atom is 0.250 e. The SMILES string of the molecule is COC(=C1C2CC3CC(C2)CC1C3)c1cc(Cc2ccc(C(C)=O)cc2)cc(O[Si](C)(C)C(C)(C)C)c1. The fourth-order valence-corrected chi connectivity index (χ4v) is 7.97. The first-order chi connectivity index (χ1) is 17.4. The number of rotatable bonds is 7. The van der Waals surface area contributed by atoms with E-state index in [-0.39, 0.29) is 10.8 Å². The average molecular weight is 517 g/mol. The zero-order valence-electron chi connectivity index (χ0n) is 23.8. The van der Waals surface area contributed by atoms with Crippen molar-refractivity contribution in [3.8, 4) is 5.75 Å². The van der Waals surface area contributed by atoms with E-state index < -0.39 is 8.32 Å². The standard InChI is InChI=1S/C33H44O3Si/c1-21(34)26-10-8-22(9-11-26)12-25-18-29(20-30(19-25)36-37(6,7)33(2,3)4)32(35-5)31-27-14-23-13-24(16-27)17-28(31)15-23/h8-11,18-20,23-24,27-28H,12-17H2,1-7H3. The van der Waals surface area contributed by atoms with E-state index >= 15 is 0 Å². The van der Waals surface area contributed by atoms with E-state index in [9.17, 15) is 4.79 Å². The molecular formula is C33H44O3Si. The lowest BCUT2D eigenvalue weighted by atomic mass is 9.54. The summed E-state index contributed by atoms with van der Waals surface area (Å²) in [6, 6.07) is 14.8. The number of hydrogen-bond acceptors (Lipinski definition) is 3. The Morgan fingerprint density at radius 1 is 0.865 bits per heavy atom. The molecule has 37 heavy (non-hydrogen) atoms. The summed E-state index contributed by atoms with van der Waals surface area (Å²) < 4.78 is 13.1. The highest BCUT2D eigenvalue weighted by Gasteiger charge is 2.47. The van der Waals surface area contributed by atoms with Gasteiger partial charge in [0.2, 0.25) is 8.32 Å². The fourth-order valence-electron chi connectivity index (χ4n) is 6.96. The second-order valence-electron chi connectivity index (χ2n) is 13.5. The van der Waals surface area contributed by atoms with Crippen LogP contribution >= 0.6 is 0 Å². The van der Waals surface area contributed by atoms with E-state index in [4.69, 9.17) is 9.16 Å². The van der Waals surface area contributed by atoms with Crippen LogP contribution in [0.25, 0.3) is 5.76 Å². The summed E-state index contributed by atoms with van der Waals surface area (Å²) in [4.78, 5) is 11.8. The number of methoxy groups -OCH3 is 1. The first kappa shape index (κ1) is 26.3. The molecule has 0 N–H and O–H groups in total. The van der Waals surface area contributed by atoms with Crippen LogP contribution in [-0.4, -0.2) is 21.2 Å². The Bertz CT molecular complexity index is 1170. The van der Waals surface area contributed by atoms with E-state index in [1.165, 1.54) is 43.2 Å². The molecule has 4 fully saturated rings. The van der Waals surface area contributed by atoms with E-state index in [0.717, 1.165) is 40.9 Å². The van der Waals surface area contributed by atoms with Crippen molar-refractivity contribution in [1.82, 2.24) is 0 Å². The van der Waals surface area contributed by atoms with Gasteiger partial charge < -0.3 is 9.16 Å². The van der Waals surface area contributed by atoms with Crippen LogP contribution in [0.3, 0.4) is 0 Å². The highest BCUT2D eigenvalue weighted by atomic mass is 28.4. The molecule has 0 radical (unpaired) electrons. The average Bonchev–Trinajstić information content (AvgIpc) is 2.80. The van der Waals surface area contributed by atoms with Crippen molar-refractivity contribution in [1.29, 1.82) is 0 Å². The van der Waals surface area contributed by atoms with Crippen LogP contribution in [0.4, 0.5) is 0 Å².